The van der Waals surface area contributed by atoms with Gasteiger partial charge in [0.05, 0.1) is 0 Å². The fraction of sp³-hybridized carbons (Fsp3) is 0.533. The molecule has 1 aliphatic carbocycles. The van der Waals surface area contributed by atoms with Crippen LogP contribution >= 0.6 is 0 Å². The lowest BCUT2D eigenvalue weighted by atomic mass is 9.89. The molecule has 20 heavy (non-hydrogen) atoms. The summed E-state index contributed by atoms with van der Waals surface area (Å²) < 4.78 is 26.0. The number of rotatable bonds is 3. The molecule has 1 fully saturated rings. The van der Waals surface area contributed by atoms with Crippen LogP contribution in [0.1, 0.15) is 36.0 Å². The van der Waals surface area contributed by atoms with Crippen molar-refractivity contribution in [1.82, 2.24) is 10.2 Å². The van der Waals surface area contributed by atoms with Gasteiger partial charge >= 0.3 is 0 Å². The Balaban J connectivity index is 2.07. The number of halogens is 2. The molecule has 2 atom stereocenters. The SMILES string of the molecule is CN(C)[C@@H]1CCCC[C@H]1NC(=O)c1ccc(F)c(F)c1. The normalized spacial score (nSPS) is 22.9. The van der Waals surface area contributed by atoms with Crippen molar-refractivity contribution in [2.45, 2.75) is 37.8 Å². The van der Waals surface area contributed by atoms with E-state index in [0.717, 1.165) is 37.8 Å². The maximum atomic E-state index is 13.2. The summed E-state index contributed by atoms with van der Waals surface area (Å²) in [5.74, 6) is -2.28. The molecule has 0 aromatic heterocycles. The quantitative estimate of drug-likeness (QED) is 0.924. The lowest BCUT2D eigenvalue weighted by Crippen LogP contribution is -2.51. The van der Waals surface area contributed by atoms with E-state index >= 15 is 0 Å². The molecular formula is C15H20F2N2O. The Kier molecular flexibility index (Phi) is 4.70. The van der Waals surface area contributed by atoms with Crippen LogP contribution in [0.3, 0.4) is 0 Å². The van der Waals surface area contributed by atoms with E-state index in [1.165, 1.54) is 6.07 Å². The molecule has 0 saturated heterocycles. The van der Waals surface area contributed by atoms with Gasteiger partial charge in [0.1, 0.15) is 0 Å². The molecule has 0 aliphatic heterocycles. The third-order valence-electron chi connectivity index (χ3n) is 3.89. The van der Waals surface area contributed by atoms with Crippen molar-refractivity contribution in [3.63, 3.8) is 0 Å². The molecule has 1 aromatic carbocycles. The molecule has 1 aliphatic rings. The highest BCUT2D eigenvalue weighted by molar-refractivity contribution is 5.94. The van der Waals surface area contributed by atoms with Crippen LogP contribution in [-0.2, 0) is 0 Å². The van der Waals surface area contributed by atoms with E-state index < -0.39 is 11.6 Å². The molecule has 0 spiro atoms. The summed E-state index contributed by atoms with van der Waals surface area (Å²) in [4.78, 5) is 14.2. The lowest BCUT2D eigenvalue weighted by Gasteiger charge is -2.36. The van der Waals surface area contributed by atoms with E-state index in [4.69, 9.17) is 0 Å². The minimum Gasteiger partial charge on any atom is -0.348 e. The summed E-state index contributed by atoms with van der Waals surface area (Å²) in [6, 6.07) is 3.57. The van der Waals surface area contributed by atoms with Crippen LogP contribution in [0.5, 0.6) is 0 Å². The molecule has 1 saturated carbocycles. The molecule has 110 valence electrons. The Morgan fingerprint density at radius 3 is 2.55 bits per heavy atom. The topological polar surface area (TPSA) is 32.3 Å². The molecule has 0 heterocycles. The molecule has 1 aromatic rings. The van der Waals surface area contributed by atoms with Crippen LogP contribution in [0.4, 0.5) is 8.78 Å². The van der Waals surface area contributed by atoms with Gasteiger partial charge in [-0.2, -0.15) is 0 Å². The summed E-state index contributed by atoms with van der Waals surface area (Å²) in [7, 11) is 3.99. The zero-order chi connectivity index (χ0) is 14.7. The van der Waals surface area contributed by atoms with Crippen molar-refractivity contribution in [3.05, 3.63) is 35.4 Å². The van der Waals surface area contributed by atoms with Crippen molar-refractivity contribution in [1.29, 1.82) is 0 Å². The zero-order valence-electron chi connectivity index (χ0n) is 11.8. The fourth-order valence-corrected chi connectivity index (χ4v) is 2.79. The molecule has 0 unspecified atom stereocenters. The average molecular weight is 282 g/mol. The minimum atomic E-state index is -0.995. The van der Waals surface area contributed by atoms with Crippen LogP contribution in [0, 0.1) is 11.6 Å². The van der Waals surface area contributed by atoms with Gasteiger partial charge in [-0.15, -0.1) is 0 Å². The van der Waals surface area contributed by atoms with Crippen molar-refractivity contribution in [2.75, 3.05) is 14.1 Å². The van der Waals surface area contributed by atoms with Gasteiger partial charge in [0.25, 0.3) is 5.91 Å². The number of nitrogens with one attached hydrogen (secondary N) is 1. The van der Waals surface area contributed by atoms with Gasteiger partial charge in [-0.25, -0.2) is 8.78 Å². The second-order valence-corrected chi connectivity index (χ2v) is 5.52. The number of nitrogens with zero attached hydrogens (tertiary/aromatic N) is 1. The van der Waals surface area contributed by atoms with Crippen molar-refractivity contribution < 1.29 is 13.6 Å². The van der Waals surface area contributed by atoms with E-state index in [9.17, 15) is 13.6 Å². The Labute approximate surface area is 118 Å². The van der Waals surface area contributed by atoms with Gasteiger partial charge in [-0.05, 0) is 45.1 Å². The largest absolute Gasteiger partial charge is 0.348 e. The average Bonchev–Trinajstić information content (AvgIpc) is 2.42. The highest BCUT2D eigenvalue weighted by Crippen LogP contribution is 2.22. The van der Waals surface area contributed by atoms with Crippen LogP contribution in [0.25, 0.3) is 0 Å². The number of amides is 1. The fourth-order valence-electron chi connectivity index (χ4n) is 2.79. The first-order valence-corrected chi connectivity index (χ1v) is 6.91. The molecule has 5 heteroatoms. The van der Waals surface area contributed by atoms with Gasteiger partial charge in [-0.1, -0.05) is 12.8 Å². The number of carbonyl (C=O) groups excluding carboxylic acids is 1. The van der Waals surface area contributed by atoms with Gasteiger partial charge in [0, 0.05) is 17.6 Å². The van der Waals surface area contributed by atoms with Crippen LogP contribution in [0.15, 0.2) is 18.2 Å². The number of likely N-dealkylation sites (N-methyl/N-ethyl adjacent to an activating group) is 1. The number of carbonyl (C=O) groups is 1. The molecule has 1 N–H and O–H groups in total. The van der Waals surface area contributed by atoms with Gasteiger partial charge < -0.3 is 10.2 Å². The predicted molar refractivity (Wildman–Crippen MR) is 73.6 cm³/mol. The highest BCUT2D eigenvalue weighted by atomic mass is 19.2. The lowest BCUT2D eigenvalue weighted by molar-refractivity contribution is 0.0882. The zero-order valence-corrected chi connectivity index (χ0v) is 11.8. The van der Waals surface area contributed by atoms with Gasteiger partial charge in [-0.3, -0.25) is 4.79 Å². The standard InChI is InChI=1S/C15H20F2N2O/c1-19(2)14-6-4-3-5-13(14)18-15(20)10-7-8-11(16)12(17)9-10/h7-9,13-14H,3-6H2,1-2H3,(H,18,20)/t13-,14-/m1/s1. The Morgan fingerprint density at radius 2 is 1.90 bits per heavy atom. The Bertz CT molecular complexity index is 491. The van der Waals surface area contributed by atoms with Crippen LogP contribution in [-0.4, -0.2) is 37.0 Å². The van der Waals surface area contributed by atoms with Crippen molar-refractivity contribution in [3.8, 4) is 0 Å². The highest BCUT2D eigenvalue weighted by Gasteiger charge is 2.28. The summed E-state index contributed by atoms with van der Waals surface area (Å²) in [6.45, 7) is 0. The van der Waals surface area contributed by atoms with E-state index in [1.54, 1.807) is 0 Å². The van der Waals surface area contributed by atoms with Crippen LogP contribution in [0.2, 0.25) is 0 Å². The maximum Gasteiger partial charge on any atom is 0.251 e. The monoisotopic (exact) mass is 282 g/mol. The van der Waals surface area contributed by atoms with Gasteiger partial charge in [0.2, 0.25) is 0 Å². The first kappa shape index (κ1) is 14.9. The summed E-state index contributed by atoms with van der Waals surface area (Å²) in [5.41, 5.74) is 0.159. The molecule has 0 radical (unpaired) electrons. The molecule has 0 bridgehead atoms. The second-order valence-electron chi connectivity index (χ2n) is 5.52. The van der Waals surface area contributed by atoms with Crippen molar-refractivity contribution >= 4 is 5.91 Å². The summed E-state index contributed by atoms with van der Waals surface area (Å²) in [5, 5.41) is 2.94. The second kappa shape index (κ2) is 6.31. The summed E-state index contributed by atoms with van der Waals surface area (Å²) in [6.07, 6.45) is 4.18. The molecule has 3 nitrogen and oxygen atoms in total. The van der Waals surface area contributed by atoms with Gasteiger partial charge in [0.15, 0.2) is 11.6 Å². The molecule has 2 rings (SSSR count). The Hall–Kier alpha value is -1.49. The van der Waals surface area contributed by atoms with E-state index in [0.29, 0.717) is 0 Å². The molecular weight excluding hydrogens is 262 g/mol. The minimum absolute atomic E-state index is 0.0550. The number of benzene rings is 1. The first-order chi connectivity index (χ1) is 9.49. The maximum absolute atomic E-state index is 13.2. The Morgan fingerprint density at radius 1 is 1.20 bits per heavy atom. The number of hydrogen-bond acceptors (Lipinski definition) is 2. The van der Waals surface area contributed by atoms with Crippen LogP contribution < -0.4 is 5.32 Å². The third-order valence-corrected chi connectivity index (χ3v) is 3.89. The van der Waals surface area contributed by atoms with E-state index in [1.807, 2.05) is 14.1 Å². The van der Waals surface area contributed by atoms with E-state index in [-0.39, 0.29) is 23.6 Å². The van der Waals surface area contributed by atoms with Crippen molar-refractivity contribution in [2.24, 2.45) is 0 Å². The smallest absolute Gasteiger partial charge is 0.251 e. The predicted octanol–water partition coefficient (Wildman–Crippen LogP) is 2.57. The summed E-state index contributed by atoms with van der Waals surface area (Å²) >= 11 is 0. The first-order valence-electron chi connectivity index (χ1n) is 6.91. The number of hydrogen-bond donors (Lipinski definition) is 1. The molecule has 1 amide bonds. The third kappa shape index (κ3) is 3.33. The van der Waals surface area contributed by atoms with E-state index in [2.05, 4.69) is 10.2 Å².